The van der Waals surface area contributed by atoms with Crippen LogP contribution in [0.2, 0.25) is 5.02 Å². The van der Waals surface area contributed by atoms with Crippen LogP contribution in [0.5, 0.6) is 5.75 Å². The molecule has 0 fully saturated rings. The average molecular weight is 624 g/mol. The molecule has 2 aromatic carbocycles. The summed E-state index contributed by atoms with van der Waals surface area (Å²) in [5.41, 5.74) is 0.730. The van der Waals surface area contributed by atoms with Crippen LogP contribution in [0.15, 0.2) is 61.0 Å². The van der Waals surface area contributed by atoms with Gasteiger partial charge in [0.1, 0.15) is 24.5 Å². The number of halogens is 4. The highest BCUT2D eigenvalue weighted by Crippen LogP contribution is 2.34. The van der Waals surface area contributed by atoms with Crippen molar-refractivity contribution in [2.75, 3.05) is 44.5 Å². The minimum absolute atomic E-state index is 0.0625. The number of aromatic nitrogens is 2. The quantitative estimate of drug-likeness (QED) is 0.175. The van der Waals surface area contributed by atoms with Gasteiger partial charge in [0.15, 0.2) is 11.6 Å². The molecule has 0 spiro atoms. The number of allylic oxidation sites excluding steroid dienone is 1. The summed E-state index contributed by atoms with van der Waals surface area (Å²) in [5.74, 6) is -2.01. The number of amides is 1. The summed E-state index contributed by atoms with van der Waals surface area (Å²) in [5, 5.41) is 13.9. The van der Waals surface area contributed by atoms with E-state index in [1.165, 1.54) is 37.5 Å². The number of carbonyl (C=O) groups is 3. The number of carboxylic acid groups (broad SMARTS) is 1. The SMILES string of the molecule is CC(=O)/C=C\C(=O)O.CN(C)C/C=C/C(=O)Nc1cc2c(Nc3cccc(Cl)c3F)ncnc2cc1OCCOC(F)F. The number of alkyl halides is 2. The molecular formula is C28H29ClF3N5O6. The van der Waals surface area contributed by atoms with Crippen LogP contribution >= 0.6 is 11.6 Å². The smallest absolute Gasteiger partial charge is 0.345 e. The number of fused-ring (bicyclic) bond motifs is 1. The number of carbonyl (C=O) groups excluding carboxylic acids is 2. The first-order valence-electron chi connectivity index (χ1n) is 12.4. The number of benzene rings is 2. The maximum absolute atomic E-state index is 14.4. The molecule has 0 atom stereocenters. The van der Waals surface area contributed by atoms with E-state index >= 15 is 0 Å². The Morgan fingerprint density at radius 3 is 2.47 bits per heavy atom. The van der Waals surface area contributed by atoms with Crippen molar-refractivity contribution in [3.05, 3.63) is 71.8 Å². The number of ketones is 1. The molecule has 0 saturated heterocycles. The Labute approximate surface area is 250 Å². The third-order valence-corrected chi connectivity index (χ3v) is 5.28. The van der Waals surface area contributed by atoms with Crippen LogP contribution in [0.25, 0.3) is 10.9 Å². The summed E-state index contributed by atoms with van der Waals surface area (Å²) in [6.07, 6.45) is 6.10. The summed E-state index contributed by atoms with van der Waals surface area (Å²) in [6, 6.07) is 7.54. The highest BCUT2D eigenvalue weighted by molar-refractivity contribution is 6.31. The zero-order valence-electron chi connectivity index (χ0n) is 23.3. The van der Waals surface area contributed by atoms with Crippen LogP contribution in [0.3, 0.4) is 0 Å². The number of rotatable bonds is 13. The van der Waals surface area contributed by atoms with Crippen molar-refractivity contribution in [3.8, 4) is 5.75 Å². The van der Waals surface area contributed by atoms with Crippen LogP contribution in [0.4, 0.5) is 30.4 Å². The number of anilines is 3. The number of ether oxygens (including phenoxy) is 2. The van der Waals surface area contributed by atoms with Gasteiger partial charge < -0.3 is 30.1 Å². The molecule has 1 amide bonds. The predicted octanol–water partition coefficient (Wildman–Crippen LogP) is 5.06. The van der Waals surface area contributed by atoms with E-state index in [0.717, 1.165) is 12.2 Å². The third-order valence-electron chi connectivity index (χ3n) is 4.98. The van der Waals surface area contributed by atoms with Gasteiger partial charge in [-0.1, -0.05) is 23.7 Å². The Balaban J connectivity index is 0.000000708. The van der Waals surface area contributed by atoms with E-state index in [0.29, 0.717) is 17.4 Å². The number of aliphatic carboxylic acids is 1. The number of nitrogens with zero attached hydrogens (tertiary/aromatic N) is 3. The van der Waals surface area contributed by atoms with Crippen LogP contribution in [-0.4, -0.2) is 78.1 Å². The van der Waals surface area contributed by atoms with Crippen molar-refractivity contribution in [3.63, 3.8) is 0 Å². The molecule has 15 heteroatoms. The molecule has 1 aromatic heterocycles. The molecule has 0 bridgehead atoms. The minimum Gasteiger partial charge on any atom is -0.489 e. The van der Waals surface area contributed by atoms with Gasteiger partial charge in [-0.25, -0.2) is 19.2 Å². The fraction of sp³-hybridized carbons (Fsp3) is 0.250. The number of likely N-dealkylation sites (N-methyl/N-ethyl adjacent to an activating group) is 1. The van der Waals surface area contributed by atoms with E-state index in [1.54, 1.807) is 18.2 Å². The first-order valence-corrected chi connectivity index (χ1v) is 12.8. The first-order chi connectivity index (χ1) is 20.4. The molecule has 0 aliphatic carbocycles. The maximum atomic E-state index is 14.4. The molecule has 0 radical (unpaired) electrons. The standard InChI is InChI=1S/C23H23ClF3N5O3.C5H6O3/c1-32(2)8-4-7-20(33)30-18-11-14-17(12-19(18)34-9-10-35-23(26)27)28-13-29-22(14)31-16-6-3-5-15(24)21(16)25;1-4(6)2-3-5(7)8/h3-7,11-13,23H,8-10H2,1-2H3,(H,30,33)(H,28,29,31);2-3H,1H3,(H,7,8)/b7-4+;3-2-. The Morgan fingerprint density at radius 2 is 1.84 bits per heavy atom. The zero-order valence-corrected chi connectivity index (χ0v) is 24.1. The Kier molecular flexibility index (Phi) is 14.1. The van der Waals surface area contributed by atoms with Gasteiger partial charge in [0.05, 0.1) is 28.5 Å². The lowest BCUT2D eigenvalue weighted by atomic mass is 10.1. The van der Waals surface area contributed by atoms with Gasteiger partial charge in [-0.15, -0.1) is 0 Å². The van der Waals surface area contributed by atoms with Gasteiger partial charge >= 0.3 is 12.6 Å². The van der Waals surface area contributed by atoms with Crippen LogP contribution in [0.1, 0.15) is 6.92 Å². The second kappa shape index (κ2) is 17.4. The average Bonchev–Trinajstić information content (AvgIpc) is 2.93. The summed E-state index contributed by atoms with van der Waals surface area (Å²) in [4.78, 5) is 42.4. The fourth-order valence-electron chi connectivity index (χ4n) is 3.15. The van der Waals surface area contributed by atoms with Crippen molar-refractivity contribution in [2.24, 2.45) is 0 Å². The Bertz CT molecular complexity index is 1470. The lowest BCUT2D eigenvalue weighted by Crippen LogP contribution is -2.14. The van der Waals surface area contributed by atoms with Crippen LogP contribution in [0, 0.1) is 5.82 Å². The number of hydrogen-bond acceptors (Lipinski definition) is 9. The van der Waals surface area contributed by atoms with Gasteiger partial charge in [-0.2, -0.15) is 8.78 Å². The Hall–Kier alpha value is -4.53. The molecule has 3 aromatic rings. The van der Waals surface area contributed by atoms with E-state index < -0.39 is 24.3 Å². The summed E-state index contributed by atoms with van der Waals surface area (Å²) >= 11 is 5.86. The van der Waals surface area contributed by atoms with Crippen molar-refractivity contribution < 1.29 is 42.1 Å². The molecule has 1 heterocycles. The maximum Gasteiger partial charge on any atom is 0.345 e. The zero-order chi connectivity index (χ0) is 31.9. The molecule has 0 saturated carbocycles. The van der Waals surface area contributed by atoms with Gasteiger partial charge in [0.2, 0.25) is 5.91 Å². The van der Waals surface area contributed by atoms with Crippen molar-refractivity contribution in [2.45, 2.75) is 13.5 Å². The monoisotopic (exact) mass is 623 g/mol. The Morgan fingerprint density at radius 1 is 1.09 bits per heavy atom. The molecular weight excluding hydrogens is 595 g/mol. The normalized spacial score (nSPS) is 11.2. The fourth-order valence-corrected chi connectivity index (χ4v) is 3.33. The van der Waals surface area contributed by atoms with Gasteiger partial charge in [0, 0.05) is 30.1 Å². The first kappa shape index (κ1) is 34.7. The number of nitrogens with one attached hydrogen (secondary N) is 2. The van der Waals surface area contributed by atoms with E-state index in [1.807, 2.05) is 19.0 Å². The van der Waals surface area contributed by atoms with E-state index in [4.69, 9.17) is 21.4 Å². The van der Waals surface area contributed by atoms with E-state index in [-0.39, 0.29) is 47.0 Å². The molecule has 0 aliphatic rings. The molecule has 0 unspecified atom stereocenters. The molecule has 3 rings (SSSR count). The lowest BCUT2D eigenvalue weighted by Gasteiger charge is -2.15. The van der Waals surface area contributed by atoms with Gasteiger partial charge in [0.25, 0.3) is 0 Å². The van der Waals surface area contributed by atoms with Crippen LogP contribution in [-0.2, 0) is 19.1 Å². The van der Waals surface area contributed by atoms with E-state index in [2.05, 4.69) is 25.3 Å². The van der Waals surface area contributed by atoms with Gasteiger partial charge in [-0.3, -0.25) is 9.59 Å². The summed E-state index contributed by atoms with van der Waals surface area (Å²) < 4.78 is 48.7. The van der Waals surface area contributed by atoms with Crippen molar-refractivity contribution in [1.82, 2.24) is 14.9 Å². The molecule has 230 valence electrons. The van der Waals surface area contributed by atoms with Crippen LogP contribution < -0.4 is 15.4 Å². The van der Waals surface area contributed by atoms with Crippen molar-refractivity contribution >= 4 is 57.4 Å². The summed E-state index contributed by atoms with van der Waals surface area (Å²) in [6.45, 7) is -1.65. The highest BCUT2D eigenvalue weighted by atomic mass is 35.5. The third kappa shape index (κ3) is 12.5. The number of hydrogen-bond donors (Lipinski definition) is 3. The van der Waals surface area contributed by atoms with E-state index in [9.17, 15) is 27.6 Å². The minimum atomic E-state index is -2.93. The largest absolute Gasteiger partial charge is 0.489 e. The van der Waals surface area contributed by atoms with Crippen molar-refractivity contribution in [1.29, 1.82) is 0 Å². The lowest BCUT2D eigenvalue weighted by molar-refractivity contribution is -0.133. The summed E-state index contributed by atoms with van der Waals surface area (Å²) in [7, 11) is 3.71. The molecule has 11 nitrogen and oxygen atoms in total. The second-order valence-corrected chi connectivity index (χ2v) is 9.14. The predicted molar refractivity (Wildman–Crippen MR) is 155 cm³/mol. The number of carboxylic acids is 1. The topological polar surface area (TPSA) is 143 Å². The van der Waals surface area contributed by atoms with Gasteiger partial charge in [-0.05, 0) is 45.3 Å². The molecule has 3 N–H and O–H groups in total. The highest BCUT2D eigenvalue weighted by Gasteiger charge is 2.15. The second-order valence-electron chi connectivity index (χ2n) is 8.73. The molecule has 43 heavy (non-hydrogen) atoms. The molecule has 0 aliphatic heterocycles.